The molecule has 30 heavy (non-hydrogen) atoms. The maximum Gasteiger partial charge on any atom is 0.253 e. The highest BCUT2D eigenvalue weighted by Gasteiger charge is 2.31. The summed E-state index contributed by atoms with van der Waals surface area (Å²) < 4.78 is 5.48. The van der Waals surface area contributed by atoms with Crippen molar-refractivity contribution >= 4 is 17.7 Å². The number of benzene rings is 2. The lowest BCUT2D eigenvalue weighted by Crippen LogP contribution is -2.52. The van der Waals surface area contributed by atoms with Gasteiger partial charge in [0.15, 0.2) is 0 Å². The lowest BCUT2D eigenvalue weighted by atomic mass is 10.0. The summed E-state index contributed by atoms with van der Waals surface area (Å²) in [4.78, 5) is 40.1. The number of primary amides is 1. The number of amides is 3. The van der Waals surface area contributed by atoms with Gasteiger partial charge in [0.1, 0.15) is 6.10 Å². The molecule has 2 aromatic carbocycles. The topological polar surface area (TPSA) is 92.9 Å². The minimum Gasteiger partial charge on any atom is -0.368 e. The molecule has 0 aliphatic carbocycles. The van der Waals surface area contributed by atoms with Crippen LogP contribution in [-0.4, -0.2) is 66.4 Å². The Labute approximate surface area is 175 Å². The fraction of sp³-hybridized carbons (Fsp3) is 0.348. The summed E-state index contributed by atoms with van der Waals surface area (Å²) in [5.41, 5.74) is 8.25. The van der Waals surface area contributed by atoms with Gasteiger partial charge in [-0.15, -0.1) is 0 Å². The van der Waals surface area contributed by atoms with E-state index in [1.165, 1.54) is 0 Å². The normalized spacial score (nSPS) is 19.0. The standard InChI is InChI=1S/C23H25N3O4/c24-21(27)18-7-3-16(4-8-18)17-5-9-19(10-6-17)22(28)25-11-13-26(14-12-25)23(29)20-2-1-15-30-20/h3-10,20H,1-2,11-15H2,(H2,24,27)/t20-/m0/s1. The largest absolute Gasteiger partial charge is 0.368 e. The van der Waals surface area contributed by atoms with Gasteiger partial charge in [-0.3, -0.25) is 14.4 Å². The highest BCUT2D eigenvalue weighted by atomic mass is 16.5. The number of hydrogen-bond acceptors (Lipinski definition) is 4. The van der Waals surface area contributed by atoms with Crippen molar-refractivity contribution in [2.45, 2.75) is 18.9 Å². The summed E-state index contributed by atoms with van der Waals surface area (Å²) in [6.07, 6.45) is 1.41. The van der Waals surface area contributed by atoms with Crippen molar-refractivity contribution in [2.24, 2.45) is 5.73 Å². The van der Waals surface area contributed by atoms with E-state index in [9.17, 15) is 14.4 Å². The van der Waals surface area contributed by atoms with Gasteiger partial charge in [-0.05, 0) is 48.2 Å². The molecule has 0 unspecified atom stereocenters. The van der Waals surface area contributed by atoms with Gasteiger partial charge in [0, 0.05) is 43.9 Å². The van der Waals surface area contributed by atoms with Crippen LogP contribution in [0.15, 0.2) is 48.5 Å². The van der Waals surface area contributed by atoms with Crippen LogP contribution in [0.2, 0.25) is 0 Å². The van der Waals surface area contributed by atoms with Gasteiger partial charge < -0.3 is 20.3 Å². The first-order chi connectivity index (χ1) is 14.5. The SMILES string of the molecule is NC(=O)c1ccc(-c2ccc(C(=O)N3CCN(C(=O)[C@@H]4CCCO4)CC3)cc2)cc1. The minimum atomic E-state index is -0.458. The molecule has 0 aromatic heterocycles. The molecule has 0 spiro atoms. The molecular formula is C23H25N3O4. The first-order valence-electron chi connectivity index (χ1n) is 10.2. The average Bonchev–Trinajstić information content (AvgIpc) is 3.33. The Bertz CT molecular complexity index is 926. The lowest BCUT2D eigenvalue weighted by molar-refractivity contribution is -0.142. The second-order valence-corrected chi connectivity index (χ2v) is 7.64. The number of carbonyl (C=O) groups excluding carboxylic acids is 3. The van der Waals surface area contributed by atoms with E-state index in [2.05, 4.69) is 0 Å². The van der Waals surface area contributed by atoms with Gasteiger partial charge in [-0.25, -0.2) is 0 Å². The van der Waals surface area contributed by atoms with Crippen LogP contribution in [0.5, 0.6) is 0 Å². The third kappa shape index (κ3) is 4.21. The molecule has 0 bridgehead atoms. The van der Waals surface area contributed by atoms with Crippen LogP contribution in [0.25, 0.3) is 11.1 Å². The summed E-state index contributed by atoms with van der Waals surface area (Å²) in [6, 6.07) is 14.4. The Balaban J connectivity index is 1.36. The van der Waals surface area contributed by atoms with Crippen LogP contribution < -0.4 is 5.73 Å². The van der Waals surface area contributed by atoms with Crippen molar-refractivity contribution in [1.82, 2.24) is 9.80 Å². The van der Waals surface area contributed by atoms with Crippen molar-refractivity contribution in [2.75, 3.05) is 32.8 Å². The van der Waals surface area contributed by atoms with E-state index in [0.717, 1.165) is 24.0 Å². The van der Waals surface area contributed by atoms with Gasteiger partial charge in [-0.1, -0.05) is 24.3 Å². The number of nitrogens with two attached hydrogens (primary N) is 1. The number of ether oxygens (including phenoxy) is 1. The molecule has 2 aliphatic heterocycles. The van der Waals surface area contributed by atoms with Gasteiger partial charge in [0.25, 0.3) is 11.8 Å². The molecule has 0 radical (unpaired) electrons. The molecule has 156 valence electrons. The van der Waals surface area contributed by atoms with Gasteiger partial charge in [0.2, 0.25) is 5.91 Å². The fourth-order valence-corrected chi connectivity index (χ4v) is 3.92. The van der Waals surface area contributed by atoms with Gasteiger partial charge in [-0.2, -0.15) is 0 Å². The van der Waals surface area contributed by atoms with Crippen LogP contribution in [-0.2, 0) is 9.53 Å². The fourth-order valence-electron chi connectivity index (χ4n) is 3.92. The first-order valence-corrected chi connectivity index (χ1v) is 10.2. The van der Waals surface area contributed by atoms with Gasteiger partial charge >= 0.3 is 0 Å². The third-order valence-electron chi connectivity index (χ3n) is 5.72. The predicted molar refractivity (Wildman–Crippen MR) is 112 cm³/mol. The Morgan fingerprint density at radius 3 is 1.83 bits per heavy atom. The molecule has 1 atom stereocenters. The molecule has 4 rings (SSSR count). The molecule has 2 aliphatic rings. The van der Waals surface area contributed by atoms with Crippen molar-refractivity contribution in [3.63, 3.8) is 0 Å². The molecule has 2 saturated heterocycles. The Kier molecular flexibility index (Phi) is 5.81. The number of piperazine rings is 1. The van der Waals surface area contributed by atoms with E-state index in [4.69, 9.17) is 10.5 Å². The second kappa shape index (κ2) is 8.67. The minimum absolute atomic E-state index is 0.0326. The molecule has 2 fully saturated rings. The monoisotopic (exact) mass is 407 g/mol. The molecule has 7 heteroatoms. The van der Waals surface area contributed by atoms with E-state index in [1.807, 2.05) is 36.4 Å². The molecule has 3 amide bonds. The van der Waals surface area contributed by atoms with E-state index in [1.54, 1.807) is 21.9 Å². The Morgan fingerprint density at radius 2 is 1.33 bits per heavy atom. The summed E-state index contributed by atoms with van der Waals surface area (Å²) in [5, 5.41) is 0. The maximum absolute atomic E-state index is 12.8. The van der Waals surface area contributed by atoms with Crippen molar-refractivity contribution in [1.29, 1.82) is 0 Å². The lowest BCUT2D eigenvalue weighted by Gasteiger charge is -2.35. The zero-order valence-corrected chi connectivity index (χ0v) is 16.8. The summed E-state index contributed by atoms with van der Waals surface area (Å²) in [7, 11) is 0. The molecule has 7 nitrogen and oxygen atoms in total. The Morgan fingerprint density at radius 1 is 0.800 bits per heavy atom. The molecule has 0 saturated carbocycles. The third-order valence-corrected chi connectivity index (χ3v) is 5.72. The second-order valence-electron chi connectivity index (χ2n) is 7.64. The van der Waals surface area contributed by atoms with Crippen molar-refractivity contribution < 1.29 is 19.1 Å². The molecular weight excluding hydrogens is 382 g/mol. The van der Waals surface area contributed by atoms with E-state index in [-0.39, 0.29) is 17.9 Å². The Hall–Kier alpha value is -3.19. The average molecular weight is 407 g/mol. The summed E-state index contributed by atoms with van der Waals surface area (Å²) in [6.45, 7) is 2.77. The van der Waals surface area contributed by atoms with E-state index >= 15 is 0 Å². The number of nitrogens with zero attached hydrogens (tertiary/aromatic N) is 2. The maximum atomic E-state index is 12.8. The smallest absolute Gasteiger partial charge is 0.253 e. The molecule has 2 heterocycles. The van der Waals surface area contributed by atoms with Gasteiger partial charge in [0.05, 0.1) is 0 Å². The van der Waals surface area contributed by atoms with Crippen LogP contribution >= 0.6 is 0 Å². The summed E-state index contributed by atoms with van der Waals surface area (Å²) >= 11 is 0. The van der Waals surface area contributed by atoms with Crippen molar-refractivity contribution in [3.05, 3.63) is 59.7 Å². The highest BCUT2D eigenvalue weighted by Crippen LogP contribution is 2.22. The zero-order chi connectivity index (χ0) is 21.1. The van der Waals surface area contributed by atoms with Crippen molar-refractivity contribution in [3.8, 4) is 11.1 Å². The highest BCUT2D eigenvalue weighted by molar-refractivity contribution is 5.95. The summed E-state index contributed by atoms with van der Waals surface area (Å²) in [5.74, 6) is -0.443. The zero-order valence-electron chi connectivity index (χ0n) is 16.8. The van der Waals surface area contributed by atoms with Crippen LogP contribution in [0.3, 0.4) is 0 Å². The molecule has 2 aromatic rings. The molecule has 2 N–H and O–H groups in total. The van der Waals surface area contributed by atoms with Crippen LogP contribution in [0, 0.1) is 0 Å². The van der Waals surface area contributed by atoms with Crippen LogP contribution in [0.4, 0.5) is 0 Å². The first kappa shape index (κ1) is 20.1. The quantitative estimate of drug-likeness (QED) is 0.838. The predicted octanol–water partition coefficient (Wildman–Crippen LogP) is 1.92. The van der Waals surface area contributed by atoms with Crippen LogP contribution in [0.1, 0.15) is 33.6 Å². The number of rotatable bonds is 4. The van der Waals surface area contributed by atoms with E-state index in [0.29, 0.717) is 43.9 Å². The van der Waals surface area contributed by atoms with E-state index < -0.39 is 5.91 Å². The number of carbonyl (C=O) groups is 3. The number of hydrogen-bond donors (Lipinski definition) is 1.